The summed E-state index contributed by atoms with van der Waals surface area (Å²) in [5.74, 6) is 0. The molecule has 0 unspecified atom stereocenters. The van der Waals surface area contributed by atoms with E-state index in [0.29, 0.717) is 0 Å². The Bertz CT molecular complexity index is 170. The van der Waals surface area contributed by atoms with Crippen LogP contribution in [0.25, 0.3) is 0 Å². The van der Waals surface area contributed by atoms with Crippen molar-refractivity contribution >= 4 is 6.09 Å². The summed E-state index contributed by atoms with van der Waals surface area (Å²) in [6.07, 6.45) is 3.28. The molecule has 0 saturated carbocycles. The van der Waals surface area contributed by atoms with Crippen molar-refractivity contribution in [3.05, 3.63) is 0 Å². The van der Waals surface area contributed by atoms with Crippen LogP contribution >= 0.6 is 0 Å². The zero-order valence-electron chi connectivity index (χ0n) is 8.04. The van der Waals surface area contributed by atoms with E-state index in [0.717, 1.165) is 12.8 Å². The molecule has 1 heterocycles. The van der Waals surface area contributed by atoms with Gasteiger partial charge >= 0.3 is 6.09 Å². The molecular formula is C9H17NO2. The second kappa shape index (κ2) is 3.78. The van der Waals surface area contributed by atoms with Crippen molar-refractivity contribution in [2.75, 3.05) is 7.05 Å². The highest BCUT2D eigenvalue weighted by atomic mass is 16.6. The van der Waals surface area contributed by atoms with E-state index >= 15 is 0 Å². The third kappa shape index (κ3) is 1.71. The largest absolute Gasteiger partial charge is 0.444 e. The maximum atomic E-state index is 11.1. The van der Waals surface area contributed by atoms with Crippen LogP contribution < -0.4 is 0 Å². The summed E-state index contributed by atoms with van der Waals surface area (Å²) in [6.45, 7) is 4.12. The highest BCUT2D eigenvalue weighted by Crippen LogP contribution is 2.21. The Morgan fingerprint density at radius 3 is 2.67 bits per heavy atom. The Hall–Kier alpha value is -0.730. The minimum Gasteiger partial charge on any atom is -0.444 e. The molecule has 1 amide bonds. The third-order valence-corrected chi connectivity index (χ3v) is 2.47. The van der Waals surface area contributed by atoms with Crippen LogP contribution in [0.2, 0.25) is 0 Å². The number of amides is 1. The fraction of sp³-hybridized carbons (Fsp3) is 0.889. The van der Waals surface area contributed by atoms with Crippen LogP contribution in [-0.4, -0.2) is 30.2 Å². The molecule has 2 atom stereocenters. The van der Waals surface area contributed by atoms with Gasteiger partial charge in [-0.3, -0.25) is 0 Å². The first-order valence-electron chi connectivity index (χ1n) is 4.60. The zero-order chi connectivity index (χ0) is 9.14. The van der Waals surface area contributed by atoms with Gasteiger partial charge in [-0.25, -0.2) is 4.79 Å². The molecular weight excluding hydrogens is 154 g/mol. The molecule has 0 spiro atoms. The van der Waals surface area contributed by atoms with Gasteiger partial charge in [0.25, 0.3) is 0 Å². The number of ether oxygens (including phenoxy) is 1. The molecule has 0 aromatic heterocycles. The Kier molecular flexibility index (Phi) is 2.95. The molecule has 0 radical (unpaired) electrons. The fourth-order valence-electron chi connectivity index (χ4n) is 1.61. The monoisotopic (exact) mass is 171 g/mol. The Morgan fingerprint density at radius 1 is 1.58 bits per heavy atom. The van der Waals surface area contributed by atoms with Crippen LogP contribution in [0.1, 0.15) is 33.1 Å². The Labute approximate surface area is 73.7 Å². The van der Waals surface area contributed by atoms with Crippen molar-refractivity contribution in [2.45, 2.75) is 45.3 Å². The van der Waals surface area contributed by atoms with Gasteiger partial charge in [-0.15, -0.1) is 0 Å². The van der Waals surface area contributed by atoms with Gasteiger partial charge in [0.2, 0.25) is 0 Å². The average Bonchev–Trinajstić information content (AvgIpc) is 2.25. The van der Waals surface area contributed by atoms with Gasteiger partial charge in [0.15, 0.2) is 0 Å². The number of hydrogen-bond donors (Lipinski definition) is 0. The number of nitrogens with zero attached hydrogens (tertiary/aromatic N) is 1. The lowest BCUT2D eigenvalue weighted by Crippen LogP contribution is -2.32. The van der Waals surface area contributed by atoms with Gasteiger partial charge in [0.05, 0.1) is 6.04 Å². The summed E-state index contributed by atoms with van der Waals surface area (Å²) in [4.78, 5) is 12.8. The van der Waals surface area contributed by atoms with Crippen LogP contribution in [0.5, 0.6) is 0 Å². The highest BCUT2D eigenvalue weighted by Gasteiger charge is 2.35. The van der Waals surface area contributed by atoms with E-state index in [4.69, 9.17) is 4.74 Å². The van der Waals surface area contributed by atoms with Crippen LogP contribution in [0, 0.1) is 0 Å². The van der Waals surface area contributed by atoms with Crippen molar-refractivity contribution in [1.29, 1.82) is 0 Å². The van der Waals surface area contributed by atoms with Crippen molar-refractivity contribution in [3.8, 4) is 0 Å². The highest BCUT2D eigenvalue weighted by molar-refractivity contribution is 5.70. The van der Waals surface area contributed by atoms with Gasteiger partial charge in [-0.05, 0) is 13.3 Å². The number of carbonyl (C=O) groups is 1. The topological polar surface area (TPSA) is 29.5 Å². The van der Waals surface area contributed by atoms with Gasteiger partial charge in [0, 0.05) is 7.05 Å². The molecule has 70 valence electrons. The van der Waals surface area contributed by atoms with Crippen LogP contribution in [0.4, 0.5) is 4.79 Å². The van der Waals surface area contributed by atoms with E-state index in [2.05, 4.69) is 6.92 Å². The molecule has 0 aromatic carbocycles. The first-order valence-corrected chi connectivity index (χ1v) is 4.60. The van der Waals surface area contributed by atoms with E-state index in [1.807, 2.05) is 14.0 Å². The molecule has 1 aliphatic heterocycles. The second-order valence-electron chi connectivity index (χ2n) is 3.41. The molecule has 0 aromatic rings. The molecule has 1 saturated heterocycles. The number of likely N-dealkylation sites (N-methyl/N-ethyl adjacent to an activating group) is 1. The smallest absolute Gasteiger partial charge is 0.410 e. The Morgan fingerprint density at radius 2 is 2.25 bits per heavy atom. The van der Waals surface area contributed by atoms with Gasteiger partial charge in [-0.1, -0.05) is 19.8 Å². The van der Waals surface area contributed by atoms with Crippen molar-refractivity contribution < 1.29 is 9.53 Å². The van der Waals surface area contributed by atoms with E-state index in [1.165, 1.54) is 6.42 Å². The standard InChI is InChI=1S/C9H17NO2/c1-4-5-6-8-7(2)12-9(11)10(8)3/h7-8H,4-6H2,1-3H3/t7-,8+/m0/s1. The van der Waals surface area contributed by atoms with E-state index < -0.39 is 0 Å². The molecule has 1 fully saturated rings. The number of rotatable bonds is 3. The first-order chi connectivity index (χ1) is 5.66. The first kappa shape index (κ1) is 9.36. The van der Waals surface area contributed by atoms with Crippen LogP contribution in [0.15, 0.2) is 0 Å². The number of hydrogen-bond acceptors (Lipinski definition) is 2. The van der Waals surface area contributed by atoms with Gasteiger partial charge in [0.1, 0.15) is 6.10 Å². The van der Waals surface area contributed by atoms with Crippen molar-refractivity contribution in [2.24, 2.45) is 0 Å². The summed E-state index contributed by atoms with van der Waals surface area (Å²) in [6, 6.07) is 0.289. The lowest BCUT2D eigenvalue weighted by molar-refractivity contribution is 0.137. The van der Waals surface area contributed by atoms with E-state index in [1.54, 1.807) is 4.90 Å². The van der Waals surface area contributed by atoms with Gasteiger partial charge in [-0.2, -0.15) is 0 Å². The molecule has 3 heteroatoms. The molecule has 3 nitrogen and oxygen atoms in total. The summed E-state index contributed by atoms with van der Waals surface area (Å²) in [5, 5.41) is 0. The summed E-state index contributed by atoms with van der Waals surface area (Å²) >= 11 is 0. The summed E-state index contributed by atoms with van der Waals surface area (Å²) in [7, 11) is 1.81. The van der Waals surface area contributed by atoms with E-state index in [-0.39, 0.29) is 18.2 Å². The molecule has 1 aliphatic rings. The third-order valence-electron chi connectivity index (χ3n) is 2.47. The van der Waals surface area contributed by atoms with Crippen molar-refractivity contribution in [1.82, 2.24) is 4.90 Å². The summed E-state index contributed by atoms with van der Waals surface area (Å²) in [5.41, 5.74) is 0. The van der Waals surface area contributed by atoms with E-state index in [9.17, 15) is 4.79 Å². The normalized spacial score (nSPS) is 29.2. The number of carbonyl (C=O) groups excluding carboxylic acids is 1. The number of cyclic esters (lactones) is 1. The second-order valence-corrected chi connectivity index (χ2v) is 3.41. The van der Waals surface area contributed by atoms with Crippen molar-refractivity contribution in [3.63, 3.8) is 0 Å². The quantitative estimate of drug-likeness (QED) is 0.650. The van der Waals surface area contributed by atoms with Crippen LogP contribution in [0.3, 0.4) is 0 Å². The predicted octanol–water partition coefficient (Wildman–Crippen LogP) is 2.02. The lowest BCUT2D eigenvalue weighted by Gasteiger charge is -2.18. The minimum atomic E-state index is -0.177. The fourth-order valence-corrected chi connectivity index (χ4v) is 1.61. The van der Waals surface area contributed by atoms with Gasteiger partial charge < -0.3 is 9.64 Å². The Balaban J connectivity index is 2.45. The molecule has 0 aliphatic carbocycles. The molecule has 0 N–H and O–H groups in total. The zero-order valence-corrected chi connectivity index (χ0v) is 8.04. The minimum absolute atomic E-state index is 0.0639. The SMILES string of the molecule is CCCC[C@@H]1[C@H](C)OC(=O)N1C. The average molecular weight is 171 g/mol. The molecule has 12 heavy (non-hydrogen) atoms. The maximum absolute atomic E-state index is 11.1. The van der Waals surface area contributed by atoms with Crippen LogP contribution in [-0.2, 0) is 4.74 Å². The lowest BCUT2D eigenvalue weighted by atomic mass is 10.1. The predicted molar refractivity (Wildman–Crippen MR) is 47.0 cm³/mol. The maximum Gasteiger partial charge on any atom is 0.410 e. The number of unbranched alkanes of at least 4 members (excludes halogenated alkanes) is 1. The molecule has 0 bridgehead atoms. The summed E-state index contributed by atoms with van der Waals surface area (Å²) < 4.78 is 5.07. The molecule has 1 rings (SSSR count).